The van der Waals surface area contributed by atoms with Crippen LogP contribution in [-0.2, 0) is 11.3 Å². The van der Waals surface area contributed by atoms with Crippen molar-refractivity contribution in [1.29, 1.82) is 0 Å². The molecule has 0 spiro atoms. The number of hydrogen-bond acceptors (Lipinski definition) is 3. The van der Waals surface area contributed by atoms with Gasteiger partial charge >= 0.3 is 0 Å². The first-order valence-corrected chi connectivity index (χ1v) is 7.53. The molecule has 1 heterocycles. The van der Waals surface area contributed by atoms with Crippen LogP contribution in [0, 0.1) is 5.92 Å². The predicted molar refractivity (Wildman–Crippen MR) is 71.9 cm³/mol. The Hall–Kier alpha value is 0.1000. The summed E-state index contributed by atoms with van der Waals surface area (Å²) in [7, 11) is 0. The van der Waals surface area contributed by atoms with Crippen LogP contribution in [0.4, 0.5) is 0 Å². The molecule has 0 saturated heterocycles. The second-order valence-electron chi connectivity index (χ2n) is 4.25. The monoisotopic (exact) mass is 303 g/mol. The molecule has 2 rings (SSSR count). The van der Waals surface area contributed by atoms with E-state index in [1.807, 2.05) is 0 Å². The van der Waals surface area contributed by atoms with Gasteiger partial charge in [-0.1, -0.05) is 12.8 Å². The Morgan fingerprint density at radius 3 is 3.00 bits per heavy atom. The molecule has 0 radical (unpaired) electrons. The molecule has 16 heavy (non-hydrogen) atoms. The van der Waals surface area contributed by atoms with Gasteiger partial charge in [0.05, 0.1) is 6.61 Å². The summed E-state index contributed by atoms with van der Waals surface area (Å²) in [5.74, 6) is 0.983. The van der Waals surface area contributed by atoms with Gasteiger partial charge in [-0.25, -0.2) is 0 Å². The summed E-state index contributed by atoms with van der Waals surface area (Å²) in [6.07, 6.45) is 4.11. The van der Waals surface area contributed by atoms with Crippen LogP contribution in [0.1, 0.15) is 24.1 Å². The van der Waals surface area contributed by atoms with Crippen LogP contribution in [0.3, 0.4) is 0 Å². The zero-order chi connectivity index (χ0) is 11.2. The second-order valence-corrected chi connectivity index (χ2v) is 6.16. The van der Waals surface area contributed by atoms with Gasteiger partial charge in [0, 0.05) is 34.4 Å². The number of halogens is 1. The van der Waals surface area contributed by atoms with Crippen LogP contribution >= 0.6 is 27.3 Å². The molecule has 1 aliphatic rings. The van der Waals surface area contributed by atoms with Crippen LogP contribution < -0.4 is 5.32 Å². The van der Waals surface area contributed by atoms with Crippen molar-refractivity contribution in [3.8, 4) is 0 Å². The highest BCUT2D eigenvalue weighted by atomic mass is 79.9. The normalized spacial score (nSPS) is 15.6. The Labute approximate surface area is 110 Å². The van der Waals surface area contributed by atoms with Gasteiger partial charge < -0.3 is 10.1 Å². The molecule has 1 aromatic rings. The van der Waals surface area contributed by atoms with Gasteiger partial charge in [-0.2, -0.15) is 0 Å². The SMILES string of the molecule is Brc1csc(CNCCOCCC2CC2)c1. The highest BCUT2D eigenvalue weighted by Gasteiger charge is 2.20. The lowest BCUT2D eigenvalue weighted by atomic mass is 10.3. The first-order valence-electron chi connectivity index (χ1n) is 5.86. The van der Waals surface area contributed by atoms with Crippen molar-refractivity contribution in [3.63, 3.8) is 0 Å². The fourth-order valence-corrected chi connectivity index (χ4v) is 2.98. The Kier molecular flexibility index (Phi) is 5.29. The summed E-state index contributed by atoms with van der Waals surface area (Å²) >= 11 is 5.23. The summed E-state index contributed by atoms with van der Waals surface area (Å²) < 4.78 is 6.74. The van der Waals surface area contributed by atoms with E-state index in [1.54, 1.807) is 11.3 Å². The molecule has 0 amide bonds. The van der Waals surface area contributed by atoms with E-state index in [0.29, 0.717) is 0 Å². The van der Waals surface area contributed by atoms with Crippen LogP contribution in [0.2, 0.25) is 0 Å². The molecule has 4 heteroatoms. The maximum Gasteiger partial charge on any atom is 0.0591 e. The third kappa shape index (κ3) is 4.95. The van der Waals surface area contributed by atoms with E-state index in [-0.39, 0.29) is 0 Å². The summed E-state index contributed by atoms with van der Waals surface area (Å²) in [4.78, 5) is 1.37. The molecule has 1 fully saturated rings. The van der Waals surface area contributed by atoms with Crippen LogP contribution in [0.15, 0.2) is 15.9 Å². The third-order valence-electron chi connectivity index (χ3n) is 2.71. The van der Waals surface area contributed by atoms with Crippen molar-refractivity contribution < 1.29 is 4.74 Å². The number of thiophene rings is 1. The van der Waals surface area contributed by atoms with Crippen LogP contribution in [-0.4, -0.2) is 19.8 Å². The molecule has 0 aromatic carbocycles. The van der Waals surface area contributed by atoms with E-state index in [2.05, 4.69) is 32.7 Å². The number of nitrogens with one attached hydrogen (secondary N) is 1. The third-order valence-corrected chi connectivity index (χ3v) is 4.41. The van der Waals surface area contributed by atoms with E-state index < -0.39 is 0 Å². The van der Waals surface area contributed by atoms with Gasteiger partial charge in [0.15, 0.2) is 0 Å². The Morgan fingerprint density at radius 2 is 2.31 bits per heavy atom. The summed E-state index contributed by atoms with van der Waals surface area (Å²) in [5.41, 5.74) is 0. The topological polar surface area (TPSA) is 21.3 Å². The first-order chi connectivity index (χ1) is 7.84. The number of ether oxygens (including phenoxy) is 1. The molecule has 2 nitrogen and oxygen atoms in total. The van der Waals surface area contributed by atoms with Crippen LogP contribution in [0.5, 0.6) is 0 Å². The van der Waals surface area contributed by atoms with Crippen molar-refractivity contribution in [3.05, 3.63) is 20.8 Å². The van der Waals surface area contributed by atoms with Gasteiger partial charge in [-0.05, 0) is 34.3 Å². The Bertz CT molecular complexity index is 312. The minimum atomic E-state index is 0.833. The highest BCUT2D eigenvalue weighted by Crippen LogP contribution is 2.31. The summed E-state index contributed by atoms with van der Waals surface area (Å²) in [6.45, 7) is 3.67. The molecule has 0 unspecified atom stereocenters. The summed E-state index contributed by atoms with van der Waals surface area (Å²) in [6, 6.07) is 2.16. The van der Waals surface area contributed by atoms with E-state index in [4.69, 9.17) is 4.74 Å². The van der Waals surface area contributed by atoms with E-state index in [9.17, 15) is 0 Å². The number of hydrogen-bond donors (Lipinski definition) is 1. The maximum absolute atomic E-state index is 5.56. The molecule has 90 valence electrons. The second kappa shape index (κ2) is 6.74. The van der Waals surface area contributed by atoms with Crippen molar-refractivity contribution in [2.24, 2.45) is 5.92 Å². The van der Waals surface area contributed by atoms with Gasteiger partial charge in [0.25, 0.3) is 0 Å². The molecular formula is C12H18BrNOS. The quantitative estimate of drug-likeness (QED) is 0.743. The lowest BCUT2D eigenvalue weighted by molar-refractivity contribution is 0.130. The minimum absolute atomic E-state index is 0.833. The largest absolute Gasteiger partial charge is 0.380 e. The highest BCUT2D eigenvalue weighted by molar-refractivity contribution is 9.10. The molecule has 1 aromatic heterocycles. The fourth-order valence-electron chi connectivity index (χ4n) is 1.56. The molecule has 1 aliphatic carbocycles. The molecular weight excluding hydrogens is 286 g/mol. The summed E-state index contributed by atoms with van der Waals surface area (Å²) in [5, 5.41) is 5.50. The lowest BCUT2D eigenvalue weighted by Crippen LogP contribution is -2.19. The average molecular weight is 304 g/mol. The van der Waals surface area contributed by atoms with Crippen LogP contribution in [0.25, 0.3) is 0 Å². The van der Waals surface area contributed by atoms with E-state index in [0.717, 1.165) is 32.2 Å². The van der Waals surface area contributed by atoms with Gasteiger partial charge in [0.2, 0.25) is 0 Å². The van der Waals surface area contributed by atoms with E-state index >= 15 is 0 Å². The molecule has 0 atom stereocenters. The molecule has 1 N–H and O–H groups in total. The first kappa shape index (κ1) is 12.6. The van der Waals surface area contributed by atoms with Gasteiger partial charge in [-0.15, -0.1) is 11.3 Å². The van der Waals surface area contributed by atoms with Crippen molar-refractivity contribution in [2.45, 2.75) is 25.8 Å². The average Bonchev–Trinajstić information content (AvgIpc) is 3.00. The maximum atomic E-state index is 5.56. The zero-order valence-corrected chi connectivity index (χ0v) is 11.8. The predicted octanol–water partition coefficient (Wildman–Crippen LogP) is 3.42. The minimum Gasteiger partial charge on any atom is -0.380 e. The van der Waals surface area contributed by atoms with Gasteiger partial charge in [-0.3, -0.25) is 0 Å². The lowest BCUT2D eigenvalue weighted by Gasteiger charge is -2.04. The Balaban J connectivity index is 1.42. The number of rotatable bonds is 8. The standard InChI is InChI=1S/C12H18BrNOS/c13-11-7-12(16-9-11)8-14-4-6-15-5-3-10-1-2-10/h7,9-10,14H,1-6,8H2. The molecule has 0 bridgehead atoms. The molecule has 0 aliphatic heterocycles. The smallest absolute Gasteiger partial charge is 0.0591 e. The zero-order valence-electron chi connectivity index (χ0n) is 9.38. The van der Waals surface area contributed by atoms with Crippen molar-refractivity contribution >= 4 is 27.3 Å². The fraction of sp³-hybridized carbons (Fsp3) is 0.667. The van der Waals surface area contributed by atoms with Gasteiger partial charge in [0.1, 0.15) is 0 Å². The Morgan fingerprint density at radius 1 is 1.44 bits per heavy atom. The molecule has 1 saturated carbocycles. The van der Waals surface area contributed by atoms with Crippen molar-refractivity contribution in [2.75, 3.05) is 19.8 Å². The van der Waals surface area contributed by atoms with E-state index in [1.165, 1.54) is 28.6 Å². The van der Waals surface area contributed by atoms with Crippen molar-refractivity contribution in [1.82, 2.24) is 5.32 Å².